The Morgan fingerprint density at radius 3 is 2.15 bits per heavy atom. The highest BCUT2D eigenvalue weighted by Gasteiger charge is 2.48. The summed E-state index contributed by atoms with van der Waals surface area (Å²) in [5.41, 5.74) is 7.15. The number of aliphatic imine (C=N–C) groups is 1. The summed E-state index contributed by atoms with van der Waals surface area (Å²) in [5.74, 6) is 4.16. The quantitative estimate of drug-likeness (QED) is 0.639. The fourth-order valence-electron chi connectivity index (χ4n) is 4.97. The Labute approximate surface area is 120 Å². The fourth-order valence-corrected chi connectivity index (χ4v) is 4.97. The molecule has 4 aliphatic rings. The third-order valence-electron chi connectivity index (χ3n) is 5.51. The van der Waals surface area contributed by atoms with Gasteiger partial charge >= 0.3 is 0 Å². The molecule has 4 saturated carbocycles. The summed E-state index contributed by atoms with van der Waals surface area (Å²) in [6, 6.07) is 10.6. The number of hydrogen-bond donors (Lipinski definition) is 2. The molecule has 0 spiro atoms. The van der Waals surface area contributed by atoms with E-state index in [1.54, 1.807) is 0 Å². The molecule has 1 aromatic rings. The summed E-state index contributed by atoms with van der Waals surface area (Å²) in [6.45, 7) is 0. The fraction of sp³-hybridized carbons (Fsp3) is 0.588. The van der Waals surface area contributed by atoms with Crippen molar-refractivity contribution in [2.75, 3.05) is 5.32 Å². The van der Waals surface area contributed by atoms with Gasteiger partial charge in [0.25, 0.3) is 0 Å². The molecule has 0 aliphatic heterocycles. The molecule has 0 heterocycles. The molecule has 0 aromatic heterocycles. The lowest BCUT2D eigenvalue weighted by atomic mass is 9.54. The highest BCUT2D eigenvalue weighted by Crippen LogP contribution is 2.54. The molecule has 1 aromatic carbocycles. The Morgan fingerprint density at radius 1 is 0.950 bits per heavy atom. The van der Waals surface area contributed by atoms with Crippen molar-refractivity contribution in [2.24, 2.45) is 34.4 Å². The van der Waals surface area contributed by atoms with Gasteiger partial charge in [0.1, 0.15) is 0 Å². The minimum Gasteiger partial charge on any atom is -0.370 e. The van der Waals surface area contributed by atoms with E-state index >= 15 is 0 Å². The molecular weight excluding hydrogens is 246 g/mol. The molecule has 0 atom stereocenters. The predicted molar refractivity (Wildman–Crippen MR) is 82.5 cm³/mol. The van der Waals surface area contributed by atoms with Crippen molar-refractivity contribution < 1.29 is 0 Å². The second-order valence-corrected chi connectivity index (χ2v) is 6.93. The molecule has 0 radical (unpaired) electrons. The largest absolute Gasteiger partial charge is 0.370 e. The van der Waals surface area contributed by atoms with E-state index in [1.807, 2.05) is 30.3 Å². The lowest BCUT2D eigenvalue weighted by molar-refractivity contribution is 0.00124. The van der Waals surface area contributed by atoms with Gasteiger partial charge in [0, 0.05) is 5.69 Å². The second kappa shape index (κ2) is 4.80. The van der Waals surface area contributed by atoms with Crippen LogP contribution in [0.2, 0.25) is 0 Å². The summed E-state index contributed by atoms with van der Waals surface area (Å²) in [5, 5.41) is 3.23. The number of nitrogens with one attached hydrogen (secondary N) is 1. The molecule has 106 valence electrons. The van der Waals surface area contributed by atoms with E-state index in [2.05, 4.69) is 5.32 Å². The maximum absolute atomic E-state index is 6.12. The van der Waals surface area contributed by atoms with Crippen molar-refractivity contribution in [1.29, 1.82) is 0 Å². The van der Waals surface area contributed by atoms with Crippen LogP contribution in [0.25, 0.3) is 0 Å². The molecule has 20 heavy (non-hydrogen) atoms. The van der Waals surface area contributed by atoms with Gasteiger partial charge in [0.05, 0.1) is 6.04 Å². The van der Waals surface area contributed by atoms with E-state index in [-0.39, 0.29) is 0 Å². The van der Waals surface area contributed by atoms with E-state index in [0.29, 0.717) is 12.0 Å². The zero-order chi connectivity index (χ0) is 13.5. The molecular formula is C17H23N3. The number of rotatable bonds is 2. The van der Waals surface area contributed by atoms with Gasteiger partial charge in [-0.25, -0.2) is 4.99 Å². The second-order valence-electron chi connectivity index (χ2n) is 6.93. The van der Waals surface area contributed by atoms with E-state index in [4.69, 9.17) is 10.7 Å². The minimum atomic E-state index is 0.471. The molecule has 3 heteroatoms. The summed E-state index contributed by atoms with van der Waals surface area (Å²) in [7, 11) is 0. The molecule has 0 unspecified atom stereocenters. The van der Waals surface area contributed by atoms with Crippen LogP contribution in [-0.2, 0) is 0 Å². The first-order chi connectivity index (χ1) is 9.78. The molecule has 3 nitrogen and oxygen atoms in total. The smallest absolute Gasteiger partial charge is 0.193 e. The van der Waals surface area contributed by atoms with Gasteiger partial charge in [-0.2, -0.15) is 0 Å². The lowest BCUT2D eigenvalue weighted by Gasteiger charge is -2.53. The molecule has 4 aliphatic carbocycles. The molecule has 4 fully saturated rings. The average molecular weight is 269 g/mol. The van der Waals surface area contributed by atoms with E-state index in [9.17, 15) is 0 Å². The molecule has 0 saturated heterocycles. The van der Waals surface area contributed by atoms with Crippen LogP contribution in [0.1, 0.15) is 32.1 Å². The van der Waals surface area contributed by atoms with Crippen molar-refractivity contribution >= 4 is 11.6 Å². The van der Waals surface area contributed by atoms with E-state index in [0.717, 1.165) is 29.4 Å². The monoisotopic (exact) mass is 269 g/mol. The topological polar surface area (TPSA) is 50.4 Å². The SMILES string of the molecule is NC(=NC1C2CC3CC(C2)CC1C3)Nc1ccccc1. The third-order valence-corrected chi connectivity index (χ3v) is 5.51. The normalized spacial score (nSPS) is 39.0. The average Bonchev–Trinajstić information content (AvgIpc) is 2.43. The van der Waals surface area contributed by atoms with Crippen LogP contribution in [0.4, 0.5) is 5.69 Å². The number of para-hydroxylation sites is 1. The Kier molecular flexibility index (Phi) is 2.94. The predicted octanol–water partition coefficient (Wildman–Crippen LogP) is 3.24. The summed E-state index contributed by atoms with van der Waals surface area (Å²) >= 11 is 0. The lowest BCUT2D eigenvalue weighted by Crippen LogP contribution is -2.48. The summed E-state index contributed by atoms with van der Waals surface area (Å²) in [4.78, 5) is 4.85. The molecule has 3 N–H and O–H groups in total. The molecule has 0 amide bonds. The molecule has 4 bridgehead atoms. The number of guanidine groups is 1. The van der Waals surface area contributed by atoms with Crippen LogP contribution in [0.15, 0.2) is 35.3 Å². The Balaban J connectivity index is 1.49. The Hall–Kier alpha value is -1.51. The van der Waals surface area contributed by atoms with Crippen molar-refractivity contribution in [3.8, 4) is 0 Å². The highest BCUT2D eigenvalue weighted by molar-refractivity contribution is 5.92. The first-order valence-electron chi connectivity index (χ1n) is 7.93. The van der Waals surface area contributed by atoms with Crippen LogP contribution >= 0.6 is 0 Å². The first-order valence-corrected chi connectivity index (χ1v) is 7.93. The maximum Gasteiger partial charge on any atom is 0.193 e. The van der Waals surface area contributed by atoms with Gasteiger partial charge in [-0.05, 0) is 67.9 Å². The van der Waals surface area contributed by atoms with Crippen LogP contribution in [-0.4, -0.2) is 12.0 Å². The maximum atomic E-state index is 6.12. The van der Waals surface area contributed by atoms with Crippen molar-refractivity contribution in [1.82, 2.24) is 0 Å². The minimum absolute atomic E-state index is 0.471. The standard InChI is InChI=1S/C17H23N3/c18-17(19-15-4-2-1-3-5-15)20-16-13-7-11-6-12(9-13)10-14(16)8-11/h1-5,11-14,16H,6-10H2,(H3,18,19,20). The van der Waals surface area contributed by atoms with Gasteiger partial charge in [0.2, 0.25) is 0 Å². The van der Waals surface area contributed by atoms with Crippen LogP contribution < -0.4 is 11.1 Å². The van der Waals surface area contributed by atoms with Crippen molar-refractivity contribution in [3.63, 3.8) is 0 Å². The van der Waals surface area contributed by atoms with Gasteiger partial charge in [-0.1, -0.05) is 18.2 Å². The van der Waals surface area contributed by atoms with Crippen LogP contribution in [0.5, 0.6) is 0 Å². The van der Waals surface area contributed by atoms with Gasteiger partial charge < -0.3 is 11.1 Å². The first kappa shape index (κ1) is 12.2. The number of nitrogens with two attached hydrogens (primary N) is 1. The number of nitrogens with zero attached hydrogens (tertiary/aromatic N) is 1. The number of benzene rings is 1. The van der Waals surface area contributed by atoms with Gasteiger partial charge in [0.15, 0.2) is 5.96 Å². The summed E-state index contributed by atoms with van der Waals surface area (Å²) in [6.07, 6.45) is 7.04. The number of anilines is 1. The number of hydrogen-bond acceptors (Lipinski definition) is 1. The Bertz CT molecular complexity index is 480. The third kappa shape index (κ3) is 2.19. The Morgan fingerprint density at radius 2 is 1.55 bits per heavy atom. The zero-order valence-electron chi connectivity index (χ0n) is 11.8. The highest BCUT2D eigenvalue weighted by atomic mass is 15.1. The van der Waals surface area contributed by atoms with E-state index < -0.39 is 0 Å². The van der Waals surface area contributed by atoms with E-state index in [1.165, 1.54) is 32.1 Å². The van der Waals surface area contributed by atoms with Gasteiger partial charge in [-0.3, -0.25) is 0 Å². The zero-order valence-corrected chi connectivity index (χ0v) is 11.8. The van der Waals surface area contributed by atoms with Crippen molar-refractivity contribution in [3.05, 3.63) is 30.3 Å². The van der Waals surface area contributed by atoms with Crippen LogP contribution in [0.3, 0.4) is 0 Å². The van der Waals surface area contributed by atoms with Crippen LogP contribution in [0, 0.1) is 23.7 Å². The molecule has 5 rings (SSSR count). The van der Waals surface area contributed by atoms with Crippen molar-refractivity contribution in [2.45, 2.75) is 38.1 Å². The summed E-state index contributed by atoms with van der Waals surface area (Å²) < 4.78 is 0. The van der Waals surface area contributed by atoms with Gasteiger partial charge in [-0.15, -0.1) is 0 Å².